The number of nitrogens with one attached hydrogen (secondary N) is 1. The number of halogens is 1. The molecule has 1 aromatic heterocycles. The summed E-state index contributed by atoms with van der Waals surface area (Å²) in [6, 6.07) is 20.6. The van der Waals surface area contributed by atoms with Crippen LogP contribution in [0.2, 0.25) is 5.02 Å². The lowest BCUT2D eigenvalue weighted by molar-refractivity contribution is -0.130. The van der Waals surface area contributed by atoms with Crippen molar-refractivity contribution < 1.29 is 32.0 Å². The summed E-state index contributed by atoms with van der Waals surface area (Å²) < 4.78 is 37.9. The van der Waals surface area contributed by atoms with E-state index in [4.69, 9.17) is 20.8 Å². The Kier molecular flexibility index (Phi) is 10.5. The Balaban J connectivity index is 1.44. The van der Waals surface area contributed by atoms with Crippen LogP contribution in [0.5, 0.6) is 0 Å². The molecule has 13 heteroatoms. The number of hydrogen-bond acceptors (Lipinski definition) is 8. The molecule has 1 aliphatic rings. The number of rotatable bonds is 11. The van der Waals surface area contributed by atoms with Crippen molar-refractivity contribution in [3.8, 4) is 0 Å². The van der Waals surface area contributed by atoms with E-state index in [1.165, 1.54) is 4.90 Å². The lowest BCUT2D eigenvalue weighted by atomic mass is 10.1. The molecule has 11 nitrogen and oxygen atoms in total. The van der Waals surface area contributed by atoms with Gasteiger partial charge < -0.3 is 19.4 Å². The number of nitrogens with zero attached hydrogens (tertiary/aromatic N) is 3. The summed E-state index contributed by atoms with van der Waals surface area (Å²) in [5, 5.41) is 2.85. The van der Waals surface area contributed by atoms with E-state index in [-0.39, 0.29) is 30.5 Å². The largest absolute Gasteiger partial charge is 0.432 e. The quantitative estimate of drug-likeness (QED) is 0.255. The number of aromatic nitrogens is 1. The number of benzene rings is 3. The maximum Gasteiger partial charge on any atom is 0.318 e. The van der Waals surface area contributed by atoms with Gasteiger partial charge in [0.15, 0.2) is 15.4 Å². The minimum absolute atomic E-state index is 0.0697. The average molecular weight is 653 g/mol. The van der Waals surface area contributed by atoms with Crippen molar-refractivity contribution in [3.63, 3.8) is 0 Å². The first-order valence-corrected chi connectivity index (χ1v) is 16.7. The zero-order valence-corrected chi connectivity index (χ0v) is 26.0. The van der Waals surface area contributed by atoms with Crippen LogP contribution in [-0.4, -0.2) is 85.7 Å². The fourth-order valence-corrected chi connectivity index (χ4v) is 6.87. The number of fused-ring (bicyclic) bond motifs is 1. The Morgan fingerprint density at radius 2 is 1.64 bits per heavy atom. The van der Waals surface area contributed by atoms with Crippen molar-refractivity contribution in [1.29, 1.82) is 0 Å². The number of carbonyl (C=O) groups is 3. The molecule has 1 fully saturated rings. The summed E-state index contributed by atoms with van der Waals surface area (Å²) in [5.41, 5.74) is 2.14. The van der Waals surface area contributed by atoms with Crippen LogP contribution < -0.4 is 5.32 Å². The summed E-state index contributed by atoms with van der Waals surface area (Å²) in [5.74, 6) is -3.26. The topological polar surface area (TPSA) is 139 Å². The molecule has 5 rings (SSSR count). The molecule has 0 aliphatic carbocycles. The first kappa shape index (κ1) is 32.1. The maximum atomic E-state index is 14.2. The third-order valence-electron chi connectivity index (χ3n) is 7.33. The molecule has 0 bridgehead atoms. The Morgan fingerprint density at radius 3 is 2.38 bits per heavy atom. The number of hydrogen-bond donors (Lipinski definition) is 1. The Hall–Kier alpha value is -4.26. The SMILES string of the molecule is O=C(N[C@@H](CS(=O)(=O)Cc1ccccc1Cl)C(=O)N(CCCc1ccccc1)C(=O)c1nc2ccccc2o1)N1CCOCC1. The number of amides is 4. The van der Waals surface area contributed by atoms with Crippen LogP contribution in [0.1, 0.15) is 28.2 Å². The molecule has 2 heterocycles. The minimum Gasteiger partial charge on any atom is -0.432 e. The highest BCUT2D eigenvalue weighted by Gasteiger charge is 2.36. The predicted molar refractivity (Wildman–Crippen MR) is 168 cm³/mol. The van der Waals surface area contributed by atoms with Crippen molar-refractivity contribution in [2.24, 2.45) is 0 Å². The van der Waals surface area contributed by atoms with Crippen LogP contribution in [0.25, 0.3) is 11.1 Å². The summed E-state index contributed by atoms with van der Waals surface area (Å²) in [6.45, 7) is 1.07. The van der Waals surface area contributed by atoms with Gasteiger partial charge in [0.2, 0.25) is 0 Å². The lowest BCUT2D eigenvalue weighted by Crippen LogP contribution is -2.57. The number of urea groups is 1. The highest BCUT2D eigenvalue weighted by Crippen LogP contribution is 2.20. The van der Waals surface area contributed by atoms with E-state index < -0.39 is 45.2 Å². The van der Waals surface area contributed by atoms with E-state index in [9.17, 15) is 22.8 Å². The number of morpholine rings is 1. The first-order chi connectivity index (χ1) is 21.7. The van der Waals surface area contributed by atoms with E-state index >= 15 is 0 Å². The van der Waals surface area contributed by atoms with Crippen LogP contribution >= 0.6 is 11.6 Å². The third kappa shape index (κ3) is 8.47. The lowest BCUT2D eigenvalue weighted by Gasteiger charge is -2.30. The van der Waals surface area contributed by atoms with Crippen LogP contribution in [0.3, 0.4) is 0 Å². The number of aryl methyl sites for hydroxylation is 1. The van der Waals surface area contributed by atoms with Gasteiger partial charge in [0.25, 0.3) is 11.8 Å². The molecule has 1 saturated heterocycles. The number of para-hydroxylation sites is 2. The normalized spacial score (nSPS) is 14.2. The molecular weight excluding hydrogens is 620 g/mol. The van der Waals surface area contributed by atoms with E-state index in [2.05, 4.69) is 10.3 Å². The molecule has 0 spiro atoms. The molecule has 1 atom stereocenters. The van der Waals surface area contributed by atoms with Gasteiger partial charge in [0.05, 0.1) is 24.7 Å². The minimum atomic E-state index is -4.03. The summed E-state index contributed by atoms with van der Waals surface area (Å²) in [6.07, 6.45) is 0.916. The second-order valence-corrected chi connectivity index (χ2v) is 13.1. The van der Waals surface area contributed by atoms with Gasteiger partial charge in [-0.15, -0.1) is 0 Å². The van der Waals surface area contributed by atoms with Crippen molar-refractivity contribution >= 4 is 50.4 Å². The van der Waals surface area contributed by atoms with Gasteiger partial charge in [0.1, 0.15) is 11.6 Å². The zero-order valence-electron chi connectivity index (χ0n) is 24.4. The summed E-state index contributed by atoms with van der Waals surface area (Å²) in [7, 11) is -4.03. The van der Waals surface area contributed by atoms with Gasteiger partial charge in [-0.05, 0) is 42.2 Å². The van der Waals surface area contributed by atoms with Crippen molar-refractivity contribution in [1.82, 2.24) is 20.1 Å². The molecule has 4 amide bonds. The van der Waals surface area contributed by atoms with Crippen molar-refractivity contribution in [3.05, 3.63) is 101 Å². The number of sulfone groups is 1. The molecule has 45 heavy (non-hydrogen) atoms. The Bertz CT molecular complexity index is 1720. The van der Waals surface area contributed by atoms with Gasteiger partial charge in [0, 0.05) is 24.7 Å². The zero-order chi connectivity index (χ0) is 31.8. The van der Waals surface area contributed by atoms with Gasteiger partial charge in [-0.1, -0.05) is 72.3 Å². The number of ether oxygens (including phenoxy) is 1. The fourth-order valence-electron chi connectivity index (χ4n) is 5.01. The van der Waals surface area contributed by atoms with Gasteiger partial charge in [-0.2, -0.15) is 0 Å². The molecule has 0 radical (unpaired) electrons. The van der Waals surface area contributed by atoms with Crippen LogP contribution in [-0.2, 0) is 31.5 Å². The monoisotopic (exact) mass is 652 g/mol. The molecule has 4 aromatic rings. The fraction of sp³-hybridized carbons (Fsp3) is 0.312. The summed E-state index contributed by atoms with van der Waals surface area (Å²) in [4.78, 5) is 47.9. The van der Waals surface area contributed by atoms with E-state index in [0.717, 1.165) is 10.5 Å². The van der Waals surface area contributed by atoms with Crippen LogP contribution in [0.15, 0.2) is 83.3 Å². The highest BCUT2D eigenvalue weighted by atomic mass is 35.5. The predicted octanol–water partition coefficient (Wildman–Crippen LogP) is 4.11. The number of carbonyl (C=O) groups excluding carboxylic acids is 3. The molecule has 236 valence electrons. The van der Waals surface area contributed by atoms with E-state index in [1.54, 1.807) is 48.5 Å². The standard InChI is InChI=1S/C32H33ClN4O7S/c33-25-13-5-4-12-24(25)21-45(41,42)22-27(35-32(40)36-17-19-43-20-18-36)30(38)37(16-8-11-23-9-2-1-3-10-23)31(39)29-34-26-14-6-7-15-28(26)44-29/h1-7,9-10,12-15,27H,8,11,16-22H2,(H,35,40)/t27-/m0/s1. The first-order valence-electron chi connectivity index (χ1n) is 14.5. The van der Waals surface area contributed by atoms with Crippen molar-refractivity contribution in [2.45, 2.75) is 24.6 Å². The third-order valence-corrected chi connectivity index (χ3v) is 9.29. The van der Waals surface area contributed by atoms with Gasteiger partial charge >= 0.3 is 11.9 Å². The van der Waals surface area contributed by atoms with Gasteiger partial charge in [-0.25, -0.2) is 18.2 Å². The molecule has 1 N–H and O–H groups in total. The highest BCUT2D eigenvalue weighted by molar-refractivity contribution is 7.90. The molecule has 3 aromatic carbocycles. The Labute approximate surface area is 266 Å². The average Bonchev–Trinajstić information content (AvgIpc) is 3.49. The van der Waals surface area contributed by atoms with Crippen LogP contribution in [0, 0.1) is 0 Å². The molecular formula is C32H33ClN4O7S. The summed E-state index contributed by atoms with van der Waals surface area (Å²) >= 11 is 6.23. The van der Waals surface area contributed by atoms with Crippen LogP contribution in [0.4, 0.5) is 4.79 Å². The number of imide groups is 1. The molecule has 1 aliphatic heterocycles. The molecule has 0 unspecified atom stereocenters. The van der Waals surface area contributed by atoms with E-state index in [1.807, 2.05) is 30.3 Å². The maximum absolute atomic E-state index is 14.2. The smallest absolute Gasteiger partial charge is 0.318 e. The number of oxazole rings is 1. The Morgan fingerprint density at radius 1 is 0.956 bits per heavy atom. The second-order valence-electron chi connectivity index (χ2n) is 10.6. The molecule has 0 saturated carbocycles. The van der Waals surface area contributed by atoms with Gasteiger partial charge in [-0.3, -0.25) is 14.5 Å². The van der Waals surface area contributed by atoms with Crippen molar-refractivity contribution in [2.75, 3.05) is 38.6 Å². The second kappa shape index (κ2) is 14.7. The van der Waals surface area contributed by atoms with E-state index in [0.29, 0.717) is 42.7 Å².